The van der Waals surface area contributed by atoms with E-state index in [0.717, 1.165) is 6.42 Å². The van der Waals surface area contributed by atoms with Crippen molar-refractivity contribution in [3.63, 3.8) is 0 Å². The second-order valence-corrected chi connectivity index (χ2v) is 3.99. The van der Waals surface area contributed by atoms with Crippen LogP contribution >= 0.6 is 0 Å². The van der Waals surface area contributed by atoms with Crippen LogP contribution in [0.4, 0.5) is 0 Å². The molecule has 90 valence electrons. The van der Waals surface area contributed by atoms with E-state index in [9.17, 15) is 9.59 Å². The quantitative estimate of drug-likeness (QED) is 0.807. The number of rotatable bonds is 1. The number of ketones is 2. The van der Waals surface area contributed by atoms with E-state index < -0.39 is 0 Å². The summed E-state index contributed by atoms with van der Waals surface area (Å²) in [5.41, 5.74) is 6.30. The lowest BCUT2D eigenvalue weighted by atomic mass is 9.95. The fourth-order valence-corrected chi connectivity index (χ4v) is 1.24. The van der Waals surface area contributed by atoms with Gasteiger partial charge in [-0.2, -0.15) is 0 Å². The van der Waals surface area contributed by atoms with E-state index in [1.807, 2.05) is 6.92 Å². The van der Waals surface area contributed by atoms with Crippen LogP contribution in [0, 0.1) is 0 Å². The van der Waals surface area contributed by atoms with Gasteiger partial charge in [0.05, 0.1) is 0 Å². The number of hydrogen-bond acceptors (Lipinski definition) is 3. The van der Waals surface area contributed by atoms with Crippen LogP contribution in [-0.2, 0) is 0 Å². The van der Waals surface area contributed by atoms with Crippen LogP contribution in [-0.4, -0.2) is 17.6 Å². The van der Waals surface area contributed by atoms with E-state index in [1.165, 1.54) is 12.2 Å². The molecular weight excluding hydrogens is 214 g/mol. The normalized spacial score (nSPS) is 14.8. The van der Waals surface area contributed by atoms with Crippen LogP contribution in [0.2, 0.25) is 0 Å². The number of allylic oxidation sites excluding steroid dienone is 2. The predicted octanol–water partition coefficient (Wildman–Crippen LogP) is 2.37. The van der Waals surface area contributed by atoms with Gasteiger partial charge in [0.1, 0.15) is 0 Å². The molecule has 2 rings (SSSR count). The SMILES string of the molecule is CCC(C)N.O=C1C=CC(=O)c2ccccc21. The van der Waals surface area contributed by atoms with E-state index >= 15 is 0 Å². The standard InChI is InChI=1S/C10H6O2.C4H11N/c11-9-5-6-10(12)8-4-2-1-3-7(8)9;1-3-4(2)5/h1-6H;4H,3,5H2,1-2H3. The van der Waals surface area contributed by atoms with Gasteiger partial charge in [0.15, 0.2) is 11.6 Å². The van der Waals surface area contributed by atoms with E-state index in [4.69, 9.17) is 5.73 Å². The number of hydrogen-bond donors (Lipinski definition) is 1. The fraction of sp³-hybridized carbons (Fsp3) is 0.286. The summed E-state index contributed by atoms with van der Waals surface area (Å²) in [7, 11) is 0. The number of carbonyl (C=O) groups is 2. The lowest BCUT2D eigenvalue weighted by Crippen LogP contribution is -2.11. The molecule has 2 N–H and O–H groups in total. The topological polar surface area (TPSA) is 60.2 Å². The van der Waals surface area contributed by atoms with Crippen molar-refractivity contribution in [3.8, 4) is 0 Å². The van der Waals surface area contributed by atoms with Crippen molar-refractivity contribution in [1.82, 2.24) is 0 Å². The Kier molecular flexibility index (Phi) is 4.79. The molecule has 1 unspecified atom stereocenters. The first kappa shape index (κ1) is 13.3. The molecule has 1 atom stereocenters. The lowest BCUT2D eigenvalue weighted by Gasteiger charge is -2.06. The minimum Gasteiger partial charge on any atom is -0.328 e. The summed E-state index contributed by atoms with van der Waals surface area (Å²) in [5, 5.41) is 0. The van der Waals surface area contributed by atoms with Crippen LogP contribution in [0.1, 0.15) is 41.0 Å². The van der Waals surface area contributed by atoms with Gasteiger partial charge < -0.3 is 5.73 Å². The second-order valence-electron chi connectivity index (χ2n) is 3.99. The Balaban J connectivity index is 0.000000249. The summed E-state index contributed by atoms with van der Waals surface area (Å²) >= 11 is 0. The second kappa shape index (κ2) is 6.11. The van der Waals surface area contributed by atoms with Gasteiger partial charge in [-0.3, -0.25) is 9.59 Å². The molecule has 17 heavy (non-hydrogen) atoms. The molecule has 3 heteroatoms. The monoisotopic (exact) mass is 231 g/mol. The summed E-state index contributed by atoms with van der Waals surface area (Å²) in [6.45, 7) is 4.07. The highest BCUT2D eigenvalue weighted by Crippen LogP contribution is 2.15. The Hall–Kier alpha value is -1.74. The van der Waals surface area contributed by atoms with Crippen molar-refractivity contribution < 1.29 is 9.59 Å². The van der Waals surface area contributed by atoms with Crippen LogP contribution < -0.4 is 5.73 Å². The maximum absolute atomic E-state index is 11.2. The van der Waals surface area contributed by atoms with Crippen LogP contribution in [0.15, 0.2) is 36.4 Å². The molecule has 0 fully saturated rings. The zero-order chi connectivity index (χ0) is 12.8. The Bertz CT molecular complexity index is 410. The summed E-state index contributed by atoms with van der Waals surface area (Å²) < 4.78 is 0. The van der Waals surface area contributed by atoms with Crippen LogP contribution in [0.5, 0.6) is 0 Å². The molecule has 1 aromatic rings. The first-order chi connectivity index (χ1) is 8.06. The van der Waals surface area contributed by atoms with Crippen LogP contribution in [0.3, 0.4) is 0 Å². The highest BCUT2D eigenvalue weighted by atomic mass is 16.1. The highest BCUT2D eigenvalue weighted by molar-refractivity contribution is 6.21. The van der Waals surface area contributed by atoms with Gasteiger partial charge >= 0.3 is 0 Å². The average molecular weight is 231 g/mol. The highest BCUT2D eigenvalue weighted by Gasteiger charge is 2.16. The third kappa shape index (κ3) is 3.64. The Labute approximate surface area is 101 Å². The molecule has 1 aliphatic carbocycles. The smallest absolute Gasteiger partial charge is 0.186 e. The minimum absolute atomic E-state index is 0.0924. The summed E-state index contributed by atoms with van der Waals surface area (Å²) in [6, 6.07) is 7.22. The van der Waals surface area contributed by atoms with Crippen LogP contribution in [0.25, 0.3) is 0 Å². The molecule has 0 saturated heterocycles. The summed E-state index contributed by atoms with van der Waals surface area (Å²) in [6.07, 6.45) is 3.70. The fourth-order valence-electron chi connectivity index (χ4n) is 1.24. The number of fused-ring (bicyclic) bond motifs is 1. The van der Waals surface area contributed by atoms with Gasteiger partial charge in [-0.1, -0.05) is 31.2 Å². The molecule has 0 saturated carbocycles. The van der Waals surface area contributed by atoms with Crippen molar-refractivity contribution in [2.75, 3.05) is 0 Å². The van der Waals surface area contributed by atoms with Crippen molar-refractivity contribution >= 4 is 11.6 Å². The van der Waals surface area contributed by atoms with E-state index in [0.29, 0.717) is 17.2 Å². The Morgan fingerprint density at radius 2 is 1.41 bits per heavy atom. The lowest BCUT2D eigenvalue weighted by molar-refractivity contribution is 0.0994. The summed E-state index contributed by atoms with van der Waals surface area (Å²) in [4.78, 5) is 22.4. The van der Waals surface area contributed by atoms with Gasteiger partial charge in [0.2, 0.25) is 0 Å². The predicted molar refractivity (Wildman–Crippen MR) is 68.2 cm³/mol. The van der Waals surface area contributed by atoms with Gasteiger partial charge in [-0.05, 0) is 25.5 Å². The van der Waals surface area contributed by atoms with Crippen molar-refractivity contribution in [1.29, 1.82) is 0 Å². The molecular formula is C14H17NO2. The maximum Gasteiger partial charge on any atom is 0.186 e. The third-order valence-corrected chi connectivity index (χ3v) is 2.49. The molecule has 0 heterocycles. The van der Waals surface area contributed by atoms with Gasteiger partial charge in [0, 0.05) is 17.2 Å². The molecule has 3 nitrogen and oxygen atoms in total. The van der Waals surface area contributed by atoms with Crippen molar-refractivity contribution in [2.24, 2.45) is 5.73 Å². The minimum atomic E-state index is -0.0924. The van der Waals surface area contributed by atoms with Gasteiger partial charge in [0.25, 0.3) is 0 Å². The van der Waals surface area contributed by atoms with E-state index in [1.54, 1.807) is 24.3 Å². The number of carbonyl (C=O) groups excluding carboxylic acids is 2. The third-order valence-electron chi connectivity index (χ3n) is 2.49. The number of nitrogens with two attached hydrogens (primary N) is 1. The maximum atomic E-state index is 11.2. The zero-order valence-corrected chi connectivity index (χ0v) is 10.1. The first-order valence-corrected chi connectivity index (χ1v) is 5.67. The molecule has 0 amide bonds. The molecule has 0 radical (unpaired) electrons. The van der Waals surface area contributed by atoms with Gasteiger partial charge in [-0.25, -0.2) is 0 Å². The molecule has 0 aromatic heterocycles. The molecule has 0 bridgehead atoms. The van der Waals surface area contributed by atoms with E-state index in [2.05, 4.69) is 6.92 Å². The molecule has 1 aromatic carbocycles. The van der Waals surface area contributed by atoms with Crippen molar-refractivity contribution in [3.05, 3.63) is 47.5 Å². The van der Waals surface area contributed by atoms with E-state index in [-0.39, 0.29) is 11.6 Å². The molecule has 1 aliphatic rings. The number of benzene rings is 1. The average Bonchev–Trinajstić information content (AvgIpc) is 2.35. The summed E-state index contributed by atoms with van der Waals surface area (Å²) in [5.74, 6) is -0.185. The first-order valence-electron chi connectivity index (χ1n) is 5.67. The largest absolute Gasteiger partial charge is 0.328 e. The molecule has 0 aliphatic heterocycles. The van der Waals surface area contributed by atoms with Crippen molar-refractivity contribution in [2.45, 2.75) is 26.3 Å². The van der Waals surface area contributed by atoms with Gasteiger partial charge in [-0.15, -0.1) is 0 Å². The Morgan fingerprint density at radius 3 is 1.71 bits per heavy atom. The molecule has 0 spiro atoms. The zero-order valence-electron chi connectivity index (χ0n) is 10.1. The Morgan fingerprint density at radius 1 is 1.06 bits per heavy atom.